The van der Waals surface area contributed by atoms with Crippen molar-refractivity contribution in [1.82, 2.24) is 9.55 Å². The smallest absolute Gasteiger partial charge is 0.273 e. The number of benzene rings is 1. The van der Waals surface area contributed by atoms with Crippen molar-refractivity contribution in [2.24, 2.45) is 0 Å². The quantitative estimate of drug-likeness (QED) is 0.284. The highest BCUT2D eigenvalue weighted by Gasteiger charge is 2.14. The molecule has 0 aliphatic heterocycles. The average molecular weight is 367 g/mol. The molecule has 0 amide bonds. The van der Waals surface area contributed by atoms with Gasteiger partial charge in [-0.3, -0.25) is 19.5 Å². The largest absolute Gasteiger partial charge is 0.294 e. The Bertz CT molecular complexity index is 1020. The van der Waals surface area contributed by atoms with E-state index in [1.54, 1.807) is 42.7 Å². The van der Waals surface area contributed by atoms with Gasteiger partial charge in [-0.25, -0.2) is 4.98 Å². The second kappa shape index (κ2) is 7.05. The Labute approximate surface area is 154 Å². The molecule has 3 aromatic rings. The van der Waals surface area contributed by atoms with Gasteiger partial charge >= 0.3 is 0 Å². The van der Waals surface area contributed by atoms with Crippen LogP contribution in [0.15, 0.2) is 41.9 Å². The van der Waals surface area contributed by atoms with E-state index in [0.717, 1.165) is 22.1 Å². The first-order valence-electron chi connectivity index (χ1n) is 7.94. The van der Waals surface area contributed by atoms with Crippen molar-refractivity contribution in [3.05, 3.63) is 80.1 Å². The first-order chi connectivity index (χ1) is 12.4. The van der Waals surface area contributed by atoms with Crippen LogP contribution in [0.1, 0.15) is 32.9 Å². The molecular weight excluding hydrogens is 350 g/mol. The maximum Gasteiger partial charge on any atom is 0.273 e. The third-order valence-corrected chi connectivity index (χ3v) is 4.94. The second-order valence-electron chi connectivity index (χ2n) is 5.93. The van der Waals surface area contributed by atoms with E-state index in [1.165, 1.54) is 12.1 Å². The van der Waals surface area contributed by atoms with E-state index in [2.05, 4.69) is 4.98 Å². The van der Waals surface area contributed by atoms with Gasteiger partial charge in [0.15, 0.2) is 10.9 Å². The number of hydrogen-bond acceptors (Lipinski definition) is 5. The topological polar surface area (TPSA) is 78.0 Å². The van der Waals surface area contributed by atoms with Crippen molar-refractivity contribution in [2.75, 3.05) is 0 Å². The second-order valence-corrected chi connectivity index (χ2v) is 6.81. The Morgan fingerprint density at radius 2 is 2.04 bits per heavy atom. The van der Waals surface area contributed by atoms with Crippen LogP contribution in [-0.2, 0) is 0 Å². The van der Waals surface area contributed by atoms with Crippen molar-refractivity contribution >= 4 is 28.9 Å². The van der Waals surface area contributed by atoms with E-state index < -0.39 is 4.92 Å². The minimum Gasteiger partial charge on any atom is -0.294 e. The van der Waals surface area contributed by atoms with Crippen molar-refractivity contribution in [2.45, 2.75) is 20.8 Å². The maximum atomic E-state index is 12.4. The zero-order valence-electron chi connectivity index (χ0n) is 14.6. The summed E-state index contributed by atoms with van der Waals surface area (Å²) in [5.74, 6) is -0.271. The standard InChI is InChI=1S/C19H17N3O3S/c1-12-4-5-16(11-17(12)22(24)25)18(23)7-6-15-10-13(2)21(14(15)3)19-20-8-9-26-19/h4-11H,1-3H3/b7-6+. The first kappa shape index (κ1) is 17.8. The number of nitrogens with zero attached hydrogens (tertiary/aromatic N) is 3. The number of carbonyl (C=O) groups excluding carboxylic acids is 1. The minimum atomic E-state index is -0.475. The molecule has 0 aliphatic rings. The summed E-state index contributed by atoms with van der Waals surface area (Å²) in [6.07, 6.45) is 4.94. The predicted molar refractivity (Wildman–Crippen MR) is 102 cm³/mol. The summed E-state index contributed by atoms with van der Waals surface area (Å²) < 4.78 is 2.03. The number of nitro groups is 1. The Kier molecular flexibility index (Phi) is 4.81. The Morgan fingerprint density at radius 1 is 1.27 bits per heavy atom. The number of thiazole rings is 1. The minimum absolute atomic E-state index is 0.0498. The van der Waals surface area contributed by atoms with E-state index in [9.17, 15) is 14.9 Å². The molecule has 0 aliphatic carbocycles. The number of carbonyl (C=O) groups is 1. The van der Waals surface area contributed by atoms with Crippen molar-refractivity contribution in [3.8, 4) is 5.13 Å². The highest BCUT2D eigenvalue weighted by Crippen LogP contribution is 2.24. The van der Waals surface area contributed by atoms with E-state index in [-0.39, 0.29) is 11.5 Å². The average Bonchev–Trinajstić information content (AvgIpc) is 3.20. The molecule has 7 heteroatoms. The predicted octanol–water partition coefficient (Wildman–Crippen LogP) is 4.66. The molecule has 2 aromatic heterocycles. The summed E-state index contributed by atoms with van der Waals surface area (Å²) >= 11 is 1.54. The highest BCUT2D eigenvalue weighted by atomic mass is 32.1. The molecule has 26 heavy (non-hydrogen) atoms. The van der Waals surface area contributed by atoms with E-state index >= 15 is 0 Å². The number of hydrogen-bond donors (Lipinski definition) is 0. The normalized spacial score (nSPS) is 11.2. The molecule has 132 valence electrons. The van der Waals surface area contributed by atoms with Crippen molar-refractivity contribution in [3.63, 3.8) is 0 Å². The molecule has 0 atom stereocenters. The summed E-state index contributed by atoms with van der Waals surface area (Å²) in [4.78, 5) is 27.3. The first-order valence-corrected chi connectivity index (χ1v) is 8.82. The zero-order chi connectivity index (χ0) is 18.8. The molecule has 6 nitrogen and oxygen atoms in total. The molecule has 0 saturated carbocycles. The van der Waals surface area contributed by atoms with Gasteiger partial charge in [-0.05, 0) is 44.6 Å². The van der Waals surface area contributed by atoms with Crippen molar-refractivity contribution < 1.29 is 9.72 Å². The number of ketones is 1. The Morgan fingerprint density at radius 3 is 2.69 bits per heavy atom. The molecule has 0 radical (unpaired) electrons. The van der Waals surface area contributed by atoms with E-state index in [0.29, 0.717) is 11.1 Å². The summed E-state index contributed by atoms with van der Waals surface area (Å²) in [5.41, 5.74) is 3.69. The van der Waals surface area contributed by atoms with Gasteiger partial charge in [-0.2, -0.15) is 0 Å². The van der Waals surface area contributed by atoms with Crippen LogP contribution >= 0.6 is 11.3 Å². The summed E-state index contributed by atoms with van der Waals surface area (Å²) in [6, 6.07) is 6.50. The monoisotopic (exact) mass is 367 g/mol. The molecule has 0 saturated heterocycles. The van der Waals surface area contributed by atoms with Gasteiger partial charge in [-0.15, -0.1) is 11.3 Å². The molecular formula is C19H17N3O3S. The van der Waals surface area contributed by atoms with Crippen LogP contribution in [0.5, 0.6) is 0 Å². The Hall–Kier alpha value is -3.06. The summed E-state index contributed by atoms with van der Waals surface area (Å²) in [5, 5.41) is 13.8. The van der Waals surface area contributed by atoms with Gasteiger partial charge in [0, 0.05) is 40.2 Å². The van der Waals surface area contributed by atoms with Gasteiger partial charge < -0.3 is 0 Å². The number of aromatic nitrogens is 2. The molecule has 0 N–H and O–H groups in total. The van der Waals surface area contributed by atoms with Gasteiger partial charge in [0.05, 0.1) is 4.92 Å². The van der Waals surface area contributed by atoms with Gasteiger partial charge in [0.2, 0.25) is 0 Å². The summed E-state index contributed by atoms with van der Waals surface area (Å²) in [6.45, 7) is 5.60. The van der Waals surface area contributed by atoms with Crippen LogP contribution in [0.3, 0.4) is 0 Å². The lowest BCUT2D eigenvalue weighted by Crippen LogP contribution is -1.99. The highest BCUT2D eigenvalue weighted by molar-refractivity contribution is 7.12. The van der Waals surface area contributed by atoms with E-state index in [1.807, 2.05) is 29.9 Å². The van der Waals surface area contributed by atoms with Crippen molar-refractivity contribution in [1.29, 1.82) is 0 Å². The van der Waals surface area contributed by atoms with Gasteiger partial charge in [0.1, 0.15) is 0 Å². The molecule has 0 spiro atoms. The zero-order valence-corrected chi connectivity index (χ0v) is 15.4. The van der Waals surface area contributed by atoms with Gasteiger partial charge in [0.25, 0.3) is 5.69 Å². The number of aryl methyl sites for hydroxylation is 2. The van der Waals surface area contributed by atoms with Crippen LogP contribution in [0.2, 0.25) is 0 Å². The molecule has 0 bridgehead atoms. The molecule has 3 rings (SSSR count). The fourth-order valence-electron chi connectivity index (χ4n) is 2.80. The van der Waals surface area contributed by atoms with Crippen LogP contribution in [0, 0.1) is 30.9 Å². The molecule has 0 fully saturated rings. The lowest BCUT2D eigenvalue weighted by atomic mass is 10.1. The lowest BCUT2D eigenvalue weighted by molar-refractivity contribution is -0.385. The van der Waals surface area contributed by atoms with Crippen LogP contribution < -0.4 is 0 Å². The number of rotatable bonds is 5. The fraction of sp³-hybridized carbons (Fsp3) is 0.158. The number of allylic oxidation sites excluding steroid dienone is 1. The fourth-order valence-corrected chi connectivity index (χ4v) is 3.55. The van der Waals surface area contributed by atoms with Crippen LogP contribution in [0.25, 0.3) is 11.2 Å². The molecule has 0 unspecified atom stereocenters. The number of nitro benzene ring substituents is 1. The Balaban J connectivity index is 1.89. The van der Waals surface area contributed by atoms with Gasteiger partial charge in [-0.1, -0.05) is 12.1 Å². The van der Waals surface area contributed by atoms with Crippen LogP contribution in [-0.4, -0.2) is 20.3 Å². The lowest BCUT2D eigenvalue weighted by Gasteiger charge is -2.04. The molecule has 1 aromatic carbocycles. The van der Waals surface area contributed by atoms with Crippen LogP contribution in [0.4, 0.5) is 5.69 Å². The van der Waals surface area contributed by atoms with E-state index in [4.69, 9.17) is 0 Å². The maximum absolute atomic E-state index is 12.4. The third kappa shape index (κ3) is 3.34. The third-order valence-electron chi connectivity index (χ3n) is 4.19. The summed E-state index contributed by atoms with van der Waals surface area (Å²) in [7, 11) is 0. The molecule has 2 heterocycles. The SMILES string of the molecule is Cc1ccc(C(=O)/C=C/c2cc(C)n(-c3nccs3)c2C)cc1[N+](=O)[O-].